The fourth-order valence-corrected chi connectivity index (χ4v) is 2.50. The van der Waals surface area contributed by atoms with Gasteiger partial charge in [0.1, 0.15) is 11.9 Å². The highest BCUT2D eigenvalue weighted by atomic mass is 32.1. The second-order valence-electron chi connectivity index (χ2n) is 5.03. The maximum Gasteiger partial charge on any atom is 0.226 e. The molecule has 0 bridgehead atoms. The van der Waals surface area contributed by atoms with Gasteiger partial charge in [-0.2, -0.15) is 0 Å². The molecule has 0 radical (unpaired) electrons. The van der Waals surface area contributed by atoms with Gasteiger partial charge in [-0.1, -0.05) is 18.2 Å². The van der Waals surface area contributed by atoms with Crippen LogP contribution in [0.25, 0.3) is 0 Å². The Hall–Kier alpha value is -1.88. The van der Waals surface area contributed by atoms with Crippen LogP contribution in [0, 0.1) is 6.92 Å². The number of nitrogens with one attached hydrogen (secondary N) is 1. The number of hydrogen-bond acceptors (Lipinski definition) is 4. The molecule has 1 aromatic heterocycles. The molecule has 0 unspecified atom stereocenters. The molecule has 112 valence electrons. The minimum Gasteiger partial charge on any atom is -0.489 e. The first-order valence-corrected chi connectivity index (χ1v) is 7.84. The monoisotopic (exact) mass is 304 g/mol. The predicted octanol–water partition coefficient (Wildman–Crippen LogP) is 2.97. The maximum atomic E-state index is 12.0. The van der Waals surface area contributed by atoms with E-state index in [1.54, 1.807) is 11.3 Å². The number of hydrogen-bond donors (Lipinski definition) is 1. The second-order valence-corrected chi connectivity index (χ2v) is 6.09. The summed E-state index contributed by atoms with van der Waals surface area (Å²) >= 11 is 1.56. The Balaban J connectivity index is 1.82. The molecule has 21 heavy (non-hydrogen) atoms. The van der Waals surface area contributed by atoms with E-state index in [0.717, 1.165) is 16.5 Å². The van der Waals surface area contributed by atoms with E-state index in [4.69, 9.17) is 4.74 Å². The van der Waals surface area contributed by atoms with Gasteiger partial charge in [-0.05, 0) is 32.9 Å². The molecule has 5 heteroatoms. The number of nitrogens with zero attached hydrogens (tertiary/aromatic N) is 1. The molecule has 0 saturated carbocycles. The van der Waals surface area contributed by atoms with E-state index >= 15 is 0 Å². The average Bonchev–Trinajstić information content (AvgIpc) is 2.84. The smallest absolute Gasteiger partial charge is 0.226 e. The summed E-state index contributed by atoms with van der Waals surface area (Å²) in [6.45, 7) is 5.83. The molecule has 2 rings (SSSR count). The lowest BCUT2D eigenvalue weighted by atomic mass is 10.2. The van der Waals surface area contributed by atoms with E-state index < -0.39 is 0 Å². The number of rotatable bonds is 6. The predicted molar refractivity (Wildman–Crippen MR) is 84.7 cm³/mol. The van der Waals surface area contributed by atoms with Crippen LogP contribution in [-0.4, -0.2) is 23.0 Å². The van der Waals surface area contributed by atoms with Crippen molar-refractivity contribution in [1.29, 1.82) is 0 Å². The first kappa shape index (κ1) is 15.5. The average molecular weight is 304 g/mol. The van der Waals surface area contributed by atoms with E-state index in [-0.39, 0.29) is 18.1 Å². The third kappa shape index (κ3) is 4.86. The minimum atomic E-state index is -0.103. The Morgan fingerprint density at radius 3 is 2.67 bits per heavy atom. The highest BCUT2D eigenvalue weighted by molar-refractivity contribution is 7.09. The van der Waals surface area contributed by atoms with Gasteiger partial charge in [0.15, 0.2) is 0 Å². The van der Waals surface area contributed by atoms with Gasteiger partial charge in [-0.3, -0.25) is 4.79 Å². The Morgan fingerprint density at radius 2 is 2.05 bits per heavy atom. The summed E-state index contributed by atoms with van der Waals surface area (Å²) in [5.74, 6) is 0.775. The number of aromatic nitrogens is 1. The summed E-state index contributed by atoms with van der Waals surface area (Å²) in [5, 5.41) is 5.86. The SMILES string of the molecule is Cc1nc(CC(=O)N[C@@H](C)[C@@H](C)Oc2ccccc2)cs1. The van der Waals surface area contributed by atoms with Gasteiger partial charge in [-0.25, -0.2) is 4.98 Å². The maximum absolute atomic E-state index is 12.0. The summed E-state index contributed by atoms with van der Waals surface area (Å²) in [7, 11) is 0. The summed E-state index contributed by atoms with van der Waals surface area (Å²) in [6.07, 6.45) is 0.209. The topological polar surface area (TPSA) is 51.2 Å². The zero-order chi connectivity index (χ0) is 15.2. The lowest BCUT2D eigenvalue weighted by Crippen LogP contribution is -2.43. The van der Waals surface area contributed by atoms with E-state index in [1.807, 2.05) is 56.5 Å². The molecule has 0 aliphatic heterocycles. The number of ether oxygens (including phenoxy) is 1. The summed E-state index contributed by atoms with van der Waals surface area (Å²) in [4.78, 5) is 16.3. The lowest BCUT2D eigenvalue weighted by molar-refractivity contribution is -0.121. The van der Waals surface area contributed by atoms with Gasteiger partial charge in [-0.15, -0.1) is 11.3 Å². The molecule has 2 aromatic rings. The van der Waals surface area contributed by atoms with Crippen molar-refractivity contribution in [1.82, 2.24) is 10.3 Å². The number of amides is 1. The number of aryl methyl sites for hydroxylation is 1. The lowest BCUT2D eigenvalue weighted by Gasteiger charge is -2.22. The van der Waals surface area contributed by atoms with Crippen molar-refractivity contribution in [3.05, 3.63) is 46.4 Å². The van der Waals surface area contributed by atoms with E-state index in [2.05, 4.69) is 10.3 Å². The molecule has 0 fully saturated rings. The second kappa shape index (κ2) is 7.22. The van der Waals surface area contributed by atoms with Gasteiger partial charge in [0.2, 0.25) is 5.91 Å². The molecule has 1 amide bonds. The van der Waals surface area contributed by atoms with Crippen LogP contribution in [0.3, 0.4) is 0 Å². The van der Waals surface area contributed by atoms with Gasteiger partial charge in [0.05, 0.1) is 23.2 Å². The van der Waals surface area contributed by atoms with Gasteiger partial charge in [0, 0.05) is 5.38 Å². The largest absolute Gasteiger partial charge is 0.489 e. The zero-order valence-corrected chi connectivity index (χ0v) is 13.3. The van der Waals surface area contributed by atoms with Crippen LogP contribution in [0.5, 0.6) is 5.75 Å². The van der Waals surface area contributed by atoms with Crippen LogP contribution in [0.2, 0.25) is 0 Å². The van der Waals surface area contributed by atoms with Crippen molar-refractivity contribution < 1.29 is 9.53 Å². The molecule has 1 N–H and O–H groups in total. The standard InChI is InChI=1S/C16H20N2O2S/c1-11(12(2)20-15-7-5-4-6-8-15)17-16(19)9-14-10-21-13(3)18-14/h4-8,10-12H,9H2,1-3H3,(H,17,19)/t11-,12+/m0/s1. The Kier molecular flexibility index (Phi) is 5.33. The van der Waals surface area contributed by atoms with Crippen LogP contribution >= 0.6 is 11.3 Å². The molecule has 1 heterocycles. The Morgan fingerprint density at radius 1 is 1.33 bits per heavy atom. The molecule has 0 aliphatic carbocycles. The number of carbonyl (C=O) groups is 1. The first-order chi connectivity index (χ1) is 10.0. The van der Waals surface area contributed by atoms with Crippen LogP contribution in [0.15, 0.2) is 35.7 Å². The van der Waals surface area contributed by atoms with Crippen molar-refractivity contribution in [3.63, 3.8) is 0 Å². The van der Waals surface area contributed by atoms with Crippen molar-refractivity contribution in [2.24, 2.45) is 0 Å². The highest BCUT2D eigenvalue weighted by Crippen LogP contribution is 2.13. The molecule has 4 nitrogen and oxygen atoms in total. The number of thiazole rings is 1. The van der Waals surface area contributed by atoms with Gasteiger partial charge < -0.3 is 10.1 Å². The molecular formula is C16H20N2O2S. The molecule has 2 atom stereocenters. The zero-order valence-electron chi connectivity index (χ0n) is 12.5. The fourth-order valence-electron chi connectivity index (χ4n) is 1.89. The summed E-state index contributed by atoms with van der Waals surface area (Å²) in [6, 6.07) is 9.54. The van der Waals surface area contributed by atoms with E-state index in [0.29, 0.717) is 6.42 Å². The molecule has 0 aliphatic rings. The van der Waals surface area contributed by atoms with Crippen LogP contribution in [0.4, 0.5) is 0 Å². The summed E-state index contributed by atoms with van der Waals surface area (Å²) in [5.41, 5.74) is 0.818. The Bertz CT molecular complexity index is 583. The third-order valence-electron chi connectivity index (χ3n) is 3.17. The summed E-state index contributed by atoms with van der Waals surface area (Å²) < 4.78 is 5.80. The van der Waals surface area contributed by atoms with Gasteiger partial charge in [0.25, 0.3) is 0 Å². The van der Waals surface area contributed by atoms with E-state index in [9.17, 15) is 4.79 Å². The van der Waals surface area contributed by atoms with Crippen LogP contribution in [0.1, 0.15) is 24.5 Å². The fraction of sp³-hybridized carbons (Fsp3) is 0.375. The van der Waals surface area contributed by atoms with Crippen LogP contribution in [-0.2, 0) is 11.2 Å². The molecule has 1 aromatic carbocycles. The van der Waals surface area contributed by atoms with Crippen molar-refractivity contribution >= 4 is 17.2 Å². The Labute approximate surface area is 129 Å². The third-order valence-corrected chi connectivity index (χ3v) is 3.99. The number of para-hydroxylation sites is 1. The number of benzene rings is 1. The minimum absolute atomic E-state index is 0.0312. The molecule has 0 saturated heterocycles. The van der Waals surface area contributed by atoms with Gasteiger partial charge >= 0.3 is 0 Å². The first-order valence-electron chi connectivity index (χ1n) is 6.96. The normalized spacial score (nSPS) is 13.5. The van der Waals surface area contributed by atoms with Crippen molar-refractivity contribution in [2.75, 3.05) is 0 Å². The van der Waals surface area contributed by atoms with Crippen molar-refractivity contribution in [2.45, 2.75) is 39.3 Å². The van der Waals surface area contributed by atoms with E-state index in [1.165, 1.54) is 0 Å². The molecule has 0 spiro atoms. The molecular weight excluding hydrogens is 284 g/mol. The number of carbonyl (C=O) groups excluding carboxylic acids is 1. The quantitative estimate of drug-likeness (QED) is 0.892. The van der Waals surface area contributed by atoms with Crippen LogP contribution < -0.4 is 10.1 Å². The highest BCUT2D eigenvalue weighted by Gasteiger charge is 2.17. The van der Waals surface area contributed by atoms with Crippen molar-refractivity contribution in [3.8, 4) is 5.75 Å².